The van der Waals surface area contributed by atoms with Crippen LogP contribution < -0.4 is 15.1 Å². The number of sulfone groups is 1. The van der Waals surface area contributed by atoms with E-state index >= 15 is 0 Å². The van der Waals surface area contributed by atoms with Gasteiger partial charge in [0.1, 0.15) is 11.6 Å². The molecule has 0 bridgehead atoms. The zero-order valence-electron chi connectivity index (χ0n) is 24.6. The number of fused-ring (bicyclic) bond motifs is 1. The molecule has 0 saturated carbocycles. The number of aryl methyl sites for hydroxylation is 1. The minimum absolute atomic E-state index is 0.00127. The molecule has 2 aliphatic heterocycles. The zero-order valence-corrected chi connectivity index (χ0v) is 26.2. The fraction of sp³-hybridized carbons (Fsp3) is 0.500. The van der Waals surface area contributed by atoms with E-state index in [0.29, 0.717) is 5.17 Å². The maximum atomic E-state index is 13.7. The lowest BCUT2D eigenvalue weighted by Gasteiger charge is -2.28. The summed E-state index contributed by atoms with van der Waals surface area (Å²) in [5, 5.41) is 2.92. The third kappa shape index (κ3) is 7.62. The molecule has 2 fully saturated rings. The maximum Gasteiger partial charge on any atom is 0.408 e. The largest absolute Gasteiger partial charge is 0.444 e. The van der Waals surface area contributed by atoms with E-state index < -0.39 is 33.5 Å². The molecule has 0 radical (unpaired) electrons. The molecular weight excluding hydrogens is 560 g/mol. The van der Waals surface area contributed by atoms with Crippen molar-refractivity contribution in [3.63, 3.8) is 0 Å². The van der Waals surface area contributed by atoms with Crippen molar-refractivity contribution < 1.29 is 22.7 Å². The molecule has 41 heavy (non-hydrogen) atoms. The van der Waals surface area contributed by atoms with Gasteiger partial charge in [-0.05, 0) is 70.9 Å². The molecule has 4 rings (SSSR count). The van der Waals surface area contributed by atoms with Crippen LogP contribution >= 0.6 is 11.8 Å². The molecule has 3 atom stereocenters. The molecule has 0 aromatic heterocycles. The van der Waals surface area contributed by atoms with Gasteiger partial charge in [-0.25, -0.2) is 13.2 Å². The summed E-state index contributed by atoms with van der Waals surface area (Å²) in [7, 11) is -3.22. The van der Waals surface area contributed by atoms with Crippen LogP contribution in [0.25, 0.3) is 0 Å². The number of amidine groups is 1. The van der Waals surface area contributed by atoms with Crippen molar-refractivity contribution in [2.75, 3.05) is 34.4 Å². The lowest BCUT2D eigenvalue weighted by Crippen LogP contribution is -2.45. The molecule has 0 aliphatic carbocycles. The van der Waals surface area contributed by atoms with E-state index in [0.717, 1.165) is 35.6 Å². The number of aliphatic imine (C=N–C) groups is 1. The highest BCUT2D eigenvalue weighted by atomic mass is 32.2. The second kappa shape index (κ2) is 12.4. The Morgan fingerprint density at radius 3 is 2.41 bits per heavy atom. The standard InChI is InChI=1S/C30H40N4O5S2/c1-7-33(8-2)22-14-15-24(20(3)16-22)34-25-18-41(37,38)19-26(25)40-28(34)32-27(35)23(17-21-12-10-9-11-13-21)31-29(36)39-30(4,5)6/h9-16,23,25-26H,7-8,17-19H2,1-6H3,(H,31,36)/t23-,25-,26+/m1/s1. The third-order valence-electron chi connectivity index (χ3n) is 7.11. The van der Waals surface area contributed by atoms with Crippen molar-refractivity contribution in [2.45, 2.75) is 70.9 Å². The molecule has 0 unspecified atom stereocenters. The number of benzene rings is 2. The number of carbonyl (C=O) groups excluding carboxylic acids is 2. The van der Waals surface area contributed by atoms with Crippen molar-refractivity contribution in [3.8, 4) is 0 Å². The fourth-order valence-corrected chi connectivity index (χ4v) is 9.13. The van der Waals surface area contributed by atoms with Gasteiger partial charge in [0.15, 0.2) is 15.0 Å². The van der Waals surface area contributed by atoms with Gasteiger partial charge in [-0.15, -0.1) is 0 Å². The molecule has 0 spiro atoms. The van der Waals surface area contributed by atoms with Crippen molar-refractivity contribution in [2.24, 2.45) is 4.99 Å². The number of hydrogen-bond donors (Lipinski definition) is 1. The first-order valence-electron chi connectivity index (χ1n) is 14.0. The van der Waals surface area contributed by atoms with Crippen LogP contribution in [0, 0.1) is 6.92 Å². The molecule has 2 aliphatic rings. The van der Waals surface area contributed by atoms with Crippen molar-refractivity contribution in [3.05, 3.63) is 59.7 Å². The van der Waals surface area contributed by atoms with Gasteiger partial charge >= 0.3 is 6.09 Å². The number of carbonyl (C=O) groups is 2. The highest BCUT2D eigenvalue weighted by Crippen LogP contribution is 2.42. The van der Waals surface area contributed by atoms with E-state index in [-0.39, 0.29) is 29.2 Å². The average molecular weight is 601 g/mol. The van der Waals surface area contributed by atoms with Crippen molar-refractivity contribution >= 4 is 50.1 Å². The van der Waals surface area contributed by atoms with Crippen LogP contribution in [-0.4, -0.2) is 73.1 Å². The highest BCUT2D eigenvalue weighted by Gasteiger charge is 2.50. The quantitative estimate of drug-likeness (QED) is 0.469. The summed E-state index contributed by atoms with van der Waals surface area (Å²) in [6.45, 7) is 13.2. The zero-order chi connectivity index (χ0) is 29.9. The minimum Gasteiger partial charge on any atom is -0.444 e. The van der Waals surface area contributed by atoms with E-state index in [4.69, 9.17) is 4.74 Å². The molecule has 2 amide bonds. The maximum absolute atomic E-state index is 13.7. The smallest absolute Gasteiger partial charge is 0.408 e. The second-order valence-corrected chi connectivity index (χ2v) is 14.8. The van der Waals surface area contributed by atoms with Gasteiger partial charge < -0.3 is 19.9 Å². The molecule has 222 valence electrons. The van der Waals surface area contributed by atoms with Gasteiger partial charge in [0.2, 0.25) is 0 Å². The number of ether oxygens (including phenoxy) is 1. The Hall–Kier alpha value is -3.05. The first-order valence-corrected chi connectivity index (χ1v) is 16.7. The normalized spacial score (nSPS) is 21.4. The van der Waals surface area contributed by atoms with Crippen LogP contribution in [0.1, 0.15) is 45.7 Å². The summed E-state index contributed by atoms with van der Waals surface area (Å²) in [5.74, 6) is -0.488. The monoisotopic (exact) mass is 600 g/mol. The van der Waals surface area contributed by atoms with Crippen LogP contribution in [0.4, 0.5) is 16.2 Å². The Bertz CT molecular complexity index is 1400. The second-order valence-electron chi connectivity index (χ2n) is 11.4. The van der Waals surface area contributed by atoms with E-state index in [1.165, 1.54) is 11.8 Å². The summed E-state index contributed by atoms with van der Waals surface area (Å²) in [5.41, 5.74) is 3.00. The Labute approximate surface area is 247 Å². The van der Waals surface area contributed by atoms with Crippen molar-refractivity contribution in [1.82, 2.24) is 5.32 Å². The molecule has 2 saturated heterocycles. The first-order chi connectivity index (χ1) is 19.3. The van der Waals surface area contributed by atoms with E-state index in [1.54, 1.807) is 20.8 Å². The Morgan fingerprint density at radius 1 is 1.12 bits per heavy atom. The van der Waals surface area contributed by atoms with Crippen LogP contribution in [-0.2, 0) is 25.8 Å². The lowest BCUT2D eigenvalue weighted by atomic mass is 10.1. The average Bonchev–Trinajstić information content (AvgIpc) is 3.34. The minimum atomic E-state index is -3.22. The number of hydrogen-bond acceptors (Lipinski definition) is 7. The van der Waals surface area contributed by atoms with Crippen LogP contribution in [0.2, 0.25) is 0 Å². The molecule has 1 N–H and O–H groups in total. The SMILES string of the molecule is CCN(CC)c1ccc(N2C(=NC(=O)[C@@H](Cc3ccccc3)NC(=O)OC(C)(C)C)S[C@H]3CS(=O)(=O)C[C@H]32)c(C)c1. The summed E-state index contributed by atoms with van der Waals surface area (Å²) in [6, 6.07) is 14.2. The Morgan fingerprint density at radius 2 is 1.80 bits per heavy atom. The number of amides is 2. The number of rotatable bonds is 8. The summed E-state index contributed by atoms with van der Waals surface area (Å²) >= 11 is 1.32. The molecule has 2 aromatic rings. The van der Waals surface area contributed by atoms with Gasteiger partial charge in [-0.3, -0.25) is 4.79 Å². The molecule has 2 aromatic carbocycles. The fourth-order valence-electron chi connectivity index (χ4n) is 5.21. The van der Waals surface area contributed by atoms with Gasteiger partial charge in [-0.2, -0.15) is 4.99 Å². The predicted octanol–water partition coefficient (Wildman–Crippen LogP) is 4.58. The first kappa shape index (κ1) is 30.9. The highest BCUT2D eigenvalue weighted by molar-refractivity contribution is 8.16. The van der Waals surface area contributed by atoms with E-state index in [1.807, 2.05) is 54.3 Å². The van der Waals surface area contributed by atoms with Crippen LogP contribution in [0.5, 0.6) is 0 Å². The molecule has 11 heteroatoms. The number of thioether (sulfide) groups is 1. The summed E-state index contributed by atoms with van der Waals surface area (Å²) in [6.07, 6.45) is -0.465. The Kier molecular flexibility index (Phi) is 9.38. The van der Waals surface area contributed by atoms with E-state index in [9.17, 15) is 18.0 Å². The van der Waals surface area contributed by atoms with Gasteiger partial charge in [-0.1, -0.05) is 42.1 Å². The summed E-state index contributed by atoms with van der Waals surface area (Å²) < 4.78 is 30.6. The molecule has 9 nitrogen and oxygen atoms in total. The number of nitrogens with one attached hydrogen (secondary N) is 1. The molecular formula is C30H40N4O5S2. The van der Waals surface area contributed by atoms with Crippen LogP contribution in [0.3, 0.4) is 0 Å². The number of anilines is 2. The van der Waals surface area contributed by atoms with Gasteiger partial charge in [0.25, 0.3) is 5.91 Å². The molecule has 2 heterocycles. The predicted molar refractivity (Wildman–Crippen MR) is 167 cm³/mol. The van der Waals surface area contributed by atoms with Crippen molar-refractivity contribution in [1.29, 1.82) is 0 Å². The third-order valence-corrected chi connectivity index (χ3v) is 10.3. The lowest BCUT2D eigenvalue weighted by molar-refractivity contribution is -0.119. The van der Waals surface area contributed by atoms with Gasteiger partial charge in [0, 0.05) is 36.1 Å². The Balaban J connectivity index is 1.69. The topological polar surface area (TPSA) is 108 Å². The summed E-state index contributed by atoms with van der Waals surface area (Å²) in [4.78, 5) is 35.1. The van der Waals surface area contributed by atoms with Gasteiger partial charge in [0.05, 0.1) is 17.5 Å². The number of alkyl carbamates (subject to hydrolysis) is 1. The van der Waals surface area contributed by atoms with Crippen LogP contribution in [0.15, 0.2) is 53.5 Å². The number of nitrogens with zero attached hydrogens (tertiary/aromatic N) is 3. The van der Waals surface area contributed by atoms with E-state index in [2.05, 4.69) is 35.1 Å².